The highest BCUT2D eigenvalue weighted by Crippen LogP contribution is 2.43. The number of amides is 1. The number of hydrogen-bond donors (Lipinski definition) is 0. The molecule has 4 nitrogen and oxygen atoms in total. The zero-order valence-corrected chi connectivity index (χ0v) is 24.7. The van der Waals surface area contributed by atoms with Gasteiger partial charge >= 0.3 is 18.4 Å². The average molecular weight is 616 g/mol. The number of carbonyl (C=O) groups excluding carboxylic acids is 1. The summed E-state index contributed by atoms with van der Waals surface area (Å²) in [5.74, 6) is 0.605. The molecule has 1 saturated heterocycles. The lowest BCUT2D eigenvalue weighted by atomic mass is 9.84. The molecule has 1 aliphatic rings. The SMILES string of the molecule is COc1ccc(C(C)(C)C)cc1-c1cc2ccccc2cc1CN1C(=O)O[C@H](c2cc(C(F)(F)F)cc(C(F)(F)F)c2)[C@@H]1C. The summed E-state index contributed by atoms with van der Waals surface area (Å²) < 4.78 is 92.5. The molecule has 232 valence electrons. The third-order valence-corrected chi connectivity index (χ3v) is 8.00. The molecule has 44 heavy (non-hydrogen) atoms. The Balaban J connectivity index is 1.59. The molecule has 0 bridgehead atoms. The number of methoxy groups -OCH3 is 1. The van der Waals surface area contributed by atoms with Gasteiger partial charge in [0.2, 0.25) is 0 Å². The van der Waals surface area contributed by atoms with Crippen molar-refractivity contribution in [2.24, 2.45) is 0 Å². The summed E-state index contributed by atoms with van der Waals surface area (Å²) in [6.07, 6.45) is -12.2. The fourth-order valence-electron chi connectivity index (χ4n) is 5.54. The normalized spacial score (nSPS) is 17.7. The van der Waals surface area contributed by atoms with Crippen LogP contribution in [0, 0.1) is 0 Å². The molecule has 0 aromatic heterocycles. The lowest BCUT2D eigenvalue weighted by Gasteiger charge is -2.25. The lowest BCUT2D eigenvalue weighted by Crippen LogP contribution is -2.31. The van der Waals surface area contributed by atoms with E-state index in [1.54, 1.807) is 14.0 Å². The largest absolute Gasteiger partial charge is 0.496 e. The van der Waals surface area contributed by atoms with E-state index in [-0.39, 0.29) is 23.6 Å². The topological polar surface area (TPSA) is 38.8 Å². The van der Waals surface area contributed by atoms with E-state index in [0.29, 0.717) is 23.4 Å². The van der Waals surface area contributed by atoms with Crippen LogP contribution in [0.4, 0.5) is 31.1 Å². The third kappa shape index (κ3) is 6.07. The van der Waals surface area contributed by atoms with E-state index in [9.17, 15) is 31.1 Å². The van der Waals surface area contributed by atoms with Crippen LogP contribution in [0.1, 0.15) is 61.6 Å². The summed E-state index contributed by atoms with van der Waals surface area (Å²) >= 11 is 0. The molecule has 0 N–H and O–H groups in total. The van der Waals surface area contributed by atoms with Gasteiger partial charge in [0.15, 0.2) is 0 Å². The van der Waals surface area contributed by atoms with Crippen molar-refractivity contribution in [1.82, 2.24) is 4.90 Å². The van der Waals surface area contributed by atoms with Crippen LogP contribution in [0.2, 0.25) is 0 Å². The van der Waals surface area contributed by atoms with E-state index in [4.69, 9.17) is 9.47 Å². The summed E-state index contributed by atoms with van der Waals surface area (Å²) in [5.41, 5.74) is -0.187. The average Bonchev–Trinajstić information content (AvgIpc) is 3.23. The van der Waals surface area contributed by atoms with Crippen LogP contribution in [0.3, 0.4) is 0 Å². The minimum Gasteiger partial charge on any atom is -0.496 e. The molecular weight excluding hydrogens is 584 g/mol. The molecule has 0 saturated carbocycles. The number of alkyl halides is 6. The summed E-state index contributed by atoms with van der Waals surface area (Å²) in [6.45, 7) is 7.79. The van der Waals surface area contributed by atoms with Crippen LogP contribution in [0.5, 0.6) is 5.75 Å². The highest BCUT2D eigenvalue weighted by Gasteiger charge is 2.43. The van der Waals surface area contributed by atoms with Gasteiger partial charge in [-0.25, -0.2) is 4.79 Å². The molecule has 0 radical (unpaired) electrons. The van der Waals surface area contributed by atoms with Crippen molar-refractivity contribution in [3.05, 3.63) is 101 Å². The first-order chi connectivity index (χ1) is 20.5. The van der Waals surface area contributed by atoms with Crippen LogP contribution < -0.4 is 4.74 Å². The van der Waals surface area contributed by atoms with E-state index in [0.717, 1.165) is 27.5 Å². The highest BCUT2D eigenvalue weighted by atomic mass is 19.4. The van der Waals surface area contributed by atoms with Gasteiger partial charge in [0, 0.05) is 5.56 Å². The van der Waals surface area contributed by atoms with Crippen LogP contribution >= 0.6 is 0 Å². The Morgan fingerprint density at radius 2 is 1.36 bits per heavy atom. The van der Waals surface area contributed by atoms with Crippen molar-refractivity contribution in [1.29, 1.82) is 0 Å². The van der Waals surface area contributed by atoms with Crippen molar-refractivity contribution in [3.8, 4) is 16.9 Å². The number of carbonyl (C=O) groups is 1. The molecule has 4 aromatic carbocycles. The summed E-state index contributed by atoms with van der Waals surface area (Å²) in [6, 6.07) is 17.9. The molecule has 10 heteroatoms. The Bertz CT molecular complexity index is 1690. The van der Waals surface area contributed by atoms with Crippen molar-refractivity contribution >= 4 is 16.9 Å². The van der Waals surface area contributed by atoms with Crippen LogP contribution in [0.15, 0.2) is 72.8 Å². The van der Waals surface area contributed by atoms with Gasteiger partial charge in [-0.2, -0.15) is 26.3 Å². The smallest absolute Gasteiger partial charge is 0.416 e. The second-order valence-electron chi connectivity index (χ2n) is 12.0. The van der Waals surface area contributed by atoms with Gasteiger partial charge < -0.3 is 9.47 Å². The third-order valence-electron chi connectivity index (χ3n) is 8.00. The van der Waals surface area contributed by atoms with Crippen molar-refractivity contribution in [2.45, 2.75) is 64.2 Å². The lowest BCUT2D eigenvalue weighted by molar-refractivity contribution is -0.143. The predicted molar refractivity (Wildman–Crippen MR) is 155 cm³/mol. The number of benzene rings is 4. The summed E-state index contributed by atoms with van der Waals surface area (Å²) in [7, 11) is 1.56. The van der Waals surface area contributed by atoms with E-state index < -0.39 is 41.7 Å². The van der Waals surface area contributed by atoms with Crippen LogP contribution in [-0.4, -0.2) is 24.1 Å². The first kappa shape index (κ1) is 31.2. The second-order valence-corrected chi connectivity index (χ2v) is 12.0. The maximum atomic E-state index is 13.6. The molecule has 1 aliphatic heterocycles. The van der Waals surface area contributed by atoms with Crippen molar-refractivity contribution in [3.63, 3.8) is 0 Å². The Hall–Kier alpha value is -4.21. The Kier molecular flexibility index (Phi) is 7.84. The second kappa shape index (κ2) is 11.1. The quantitative estimate of drug-likeness (QED) is 0.210. The van der Waals surface area contributed by atoms with Gasteiger partial charge in [-0.3, -0.25) is 4.90 Å². The van der Waals surface area contributed by atoms with E-state index in [1.165, 1.54) is 4.90 Å². The molecule has 2 atom stereocenters. The number of halogens is 6. The van der Waals surface area contributed by atoms with Crippen molar-refractivity contribution in [2.75, 3.05) is 7.11 Å². The van der Waals surface area contributed by atoms with Gasteiger partial charge in [-0.15, -0.1) is 0 Å². The Morgan fingerprint density at radius 1 is 0.773 bits per heavy atom. The monoisotopic (exact) mass is 615 g/mol. The van der Waals surface area contributed by atoms with E-state index in [2.05, 4.69) is 20.8 Å². The van der Waals surface area contributed by atoms with Gasteiger partial charge in [-0.1, -0.05) is 51.1 Å². The standard InChI is InChI=1S/C34H31F6NO3/c1-19-30(22-13-25(33(35,36)37)16-26(14-22)34(38,39)40)44-31(42)41(19)18-23-12-20-8-6-7-9-21(20)15-27(23)28-17-24(32(2,3)4)10-11-29(28)43-5/h6-17,19,30H,18H2,1-5H3/t19-,30-/m0/s1. The minimum absolute atomic E-state index is 0.00927. The highest BCUT2D eigenvalue weighted by molar-refractivity contribution is 5.90. The number of nitrogens with zero attached hydrogens (tertiary/aromatic N) is 1. The molecule has 1 fully saturated rings. The molecule has 0 unspecified atom stereocenters. The fourth-order valence-corrected chi connectivity index (χ4v) is 5.54. The minimum atomic E-state index is -5.03. The zero-order chi connectivity index (χ0) is 32.2. The van der Waals surface area contributed by atoms with Gasteiger partial charge in [0.25, 0.3) is 0 Å². The molecular formula is C34H31F6NO3. The first-order valence-electron chi connectivity index (χ1n) is 13.9. The number of cyclic esters (lactones) is 1. The maximum absolute atomic E-state index is 13.6. The Labute approximate surface area is 251 Å². The van der Waals surface area contributed by atoms with E-state index in [1.807, 2.05) is 54.6 Å². The van der Waals surface area contributed by atoms with Gasteiger partial charge in [0.1, 0.15) is 11.9 Å². The fraction of sp³-hybridized carbons (Fsp3) is 0.324. The molecule has 1 heterocycles. The van der Waals surface area contributed by atoms with E-state index >= 15 is 0 Å². The molecule has 0 spiro atoms. The first-order valence-corrected chi connectivity index (χ1v) is 13.9. The summed E-state index contributed by atoms with van der Waals surface area (Å²) in [4.78, 5) is 14.5. The summed E-state index contributed by atoms with van der Waals surface area (Å²) in [5, 5.41) is 1.83. The van der Waals surface area contributed by atoms with Gasteiger partial charge in [-0.05, 0) is 87.8 Å². The number of rotatable bonds is 5. The number of hydrogen-bond acceptors (Lipinski definition) is 3. The number of ether oxygens (including phenoxy) is 2. The van der Waals surface area contributed by atoms with Crippen LogP contribution in [0.25, 0.3) is 21.9 Å². The molecule has 5 rings (SSSR count). The Morgan fingerprint density at radius 3 is 1.91 bits per heavy atom. The van der Waals surface area contributed by atoms with Gasteiger partial charge in [0.05, 0.1) is 30.8 Å². The maximum Gasteiger partial charge on any atom is 0.416 e. The number of fused-ring (bicyclic) bond motifs is 1. The molecule has 0 aliphatic carbocycles. The zero-order valence-electron chi connectivity index (χ0n) is 24.7. The molecule has 4 aromatic rings. The van der Waals surface area contributed by atoms with Crippen molar-refractivity contribution < 1.29 is 40.6 Å². The predicted octanol–water partition coefficient (Wildman–Crippen LogP) is 9.93. The molecule has 1 amide bonds. The van der Waals surface area contributed by atoms with Crippen LogP contribution in [-0.2, 0) is 29.0 Å².